The van der Waals surface area contributed by atoms with Gasteiger partial charge in [-0.1, -0.05) is 25.9 Å². The summed E-state index contributed by atoms with van der Waals surface area (Å²) < 4.78 is 7.48. The molecule has 2 fully saturated rings. The Hall–Kier alpha value is -2.61. The van der Waals surface area contributed by atoms with Crippen LogP contribution in [0.1, 0.15) is 76.6 Å². The number of amides is 1. The van der Waals surface area contributed by atoms with Gasteiger partial charge >= 0.3 is 6.09 Å². The number of pyridine rings is 1. The lowest BCUT2D eigenvalue weighted by Gasteiger charge is -2.43. The van der Waals surface area contributed by atoms with Crippen LogP contribution >= 0.6 is 0 Å². The average molecular weight is 470 g/mol. The minimum atomic E-state index is -0.792. The van der Waals surface area contributed by atoms with Crippen LogP contribution in [0.3, 0.4) is 0 Å². The van der Waals surface area contributed by atoms with Crippen molar-refractivity contribution >= 4 is 23.3 Å². The molecular weight excluding hydrogens is 430 g/mol. The van der Waals surface area contributed by atoms with Gasteiger partial charge in [-0.3, -0.25) is 0 Å². The fourth-order valence-electron chi connectivity index (χ4n) is 5.96. The topological polar surface area (TPSA) is 95.0 Å². The number of carbonyl (C=O) groups is 1. The first-order valence-corrected chi connectivity index (χ1v) is 12.5. The predicted octanol–water partition coefficient (Wildman–Crippen LogP) is 4.85. The van der Waals surface area contributed by atoms with Gasteiger partial charge in [-0.2, -0.15) is 0 Å². The van der Waals surface area contributed by atoms with Crippen LogP contribution in [0.5, 0.6) is 0 Å². The Balaban J connectivity index is 1.53. The molecular formula is C26H39N5O3. The molecule has 0 radical (unpaired) electrons. The van der Waals surface area contributed by atoms with Crippen LogP contribution in [-0.2, 0) is 16.2 Å². The third-order valence-corrected chi connectivity index (χ3v) is 7.85. The van der Waals surface area contributed by atoms with Crippen molar-refractivity contribution in [2.45, 2.75) is 78.0 Å². The molecule has 2 N–H and O–H groups in total. The number of rotatable bonds is 6. The maximum atomic E-state index is 11.4. The predicted molar refractivity (Wildman–Crippen MR) is 134 cm³/mol. The zero-order valence-corrected chi connectivity index (χ0v) is 21.0. The highest BCUT2D eigenvalue weighted by atomic mass is 16.6. The van der Waals surface area contributed by atoms with E-state index in [1.54, 1.807) is 12.4 Å². The van der Waals surface area contributed by atoms with Gasteiger partial charge in [-0.05, 0) is 62.0 Å². The number of ether oxygens (including phenoxy) is 1. The highest BCUT2D eigenvalue weighted by Crippen LogP contribution is 2.40. The van der Waals surface area contributed by atoms with E-state index < -0.39 is 6.09 Å². The van der Waals surface area contributed by atoms with Gasteiger partial charge in [0.25, 0.3) is 0 Å². The number of oxime groups is 1. The van der Waals surface area contributed by atoms with Crippen LogP contribution < -0.4 is 5.73 Å². The number of nitrogens with two attached hydrogens (primary N) is 1. The number of aromatic nitrogens is 2. The Bertz CT molecular complexity index is 1010. The molecule has 1 amide bonds. The molecule has 1 saturated carbocycles. The molecule has 4 rings (SSSR count). The van der Waals surface area contributed by atoms with Crippen LogP contribution in [0.2, 0.25) is 0 Å². The van der Waals surface area contributed by atoms with E-state index in [9.17, 15) is 4.79 Å². The maximum absolute atomic E-state index is 11.4. The molecule has 0 spiro atoms. The third-order valence-electron chi connectivity index (χ3n) is 7.85. The van der Waals surface area contributed by atoms with E-state index >= 15 is 0 Å². The van der Waals surface area contributed by atoms with E-state index in [-0.39, 0.29) is 12.6 Å². The van der Waals surface area contributed by atoms with E-state index in [1.165, 1.54) is 32.8 Å². The molecule has 1 aliphatic heterocycles. The summed E-state index contributed by atoms with van der Waals surface area (Å²) in [5.41, 5.74) is 8.31. The van der Waals surface area contributed by atoms with Crippen molar-refractivity contribution in [2.24, 2.45) is 22.2 Å². The maximum Gasteiger partial charge on any atom is 0.404 e. The van der Waals surface area contributed by atoms with Crippen molar-refractivity contribution in [3.63, 3.8) is 0 Å². The summed E-state index contributed by atoms with van der Waals surface area (Å²) >= 11 is 0. The highest BCUT2D eigenvalue weighted by Gasteiger charge is 2.34. The van der Waals surface area contributed by atoms with Crippen molar-refractivity contribution in [3.8, 4) is 0 Å². The van der Waals surface area contributed by atoms with Gasteiger partial charge < -0.3 is 24.8 Å². The average Bonchev–Trinajstić information content (AvgIpc) is 3.14. The molecule has 2 aromatic rings. The monoisotopic (exact) mass is 469 g/mol. The summed E-state index contributed by atoms with van der Waals surface area (Å²) in [5.74, 6) is 0.832. The summed E-state index contributed by atoms with van der Waals surface area (Å²) in [4.78, 5) is 23.7. The SMILES string of the molecule is CO/N=C\c1c(COC(N)=O)n(C2CCN(C3CCC(C(C)(C)C)CC3)CC2)c2ncccc12. The smallest absolute Gasteiger partial charge is 0.404 e. The minimum absolute atomic E-state index is 0.0772. The van der Waals surface area contributed by atoms with Gasteiger partial charge in [0, 0.05) is 42.3 Å². The molecule has 8 heteroatoms. The molecule has 8 nitrogen and oxygen atoms in total. The highest BCUT2D eigenvalue weighted by molar-refractivity contribution is 5.99. The lowest BCUT2D eigenvalue weighted by molar-refractivity contribution is 0.0711. The fourth-order valence-corrected chi connectivity index (χ4v) is 5.96. The quantitative estimate of drug-likeness (QED) is 0.482. The van der Waals surface area contributed by atoms with Crippen molar-refractivity contribution in [1.82, 2.24) is 14.5 Å². The zero-order chi connectivity index (χ0) is 24.3. The van der Waals surface area contributed by atoms with Crippen molar-refractivity contribution in [2.75, 3.05) is 20.2 Å². The van der Waals surface area contributed by atoms with E-state index in [0.717, 1.165) is 54.1 Å². The summed E-state index contributed by atoms with van der Waals surface area (Å²) in [6, 6.07) is 4.90. The van der Waals surface area contributed by atoms with Gasteiger partial charge in [0.05, 0.1) is 11.9 Å². The van der Waals surface area contributed by atoms with E-state index in [4.69, 9.17) is 15.3 Å². The largest absolute Gasteiger partial charge is 0.443 e. The summed E-state index contributed by atoms with van der Waals surface area (Å²) in [7, 11) is 1.51. The Morgan fingerprint density at radius 1 is 1.18 bits per heavy atom. The number of primary amides is 1. The van der Waals surface area contributed by atoms with E-state index in [1.807, 2.05) is 12.1 Å². The second kappa shape index (κ2) is 10.3. The molecule has 2 aliphatic rings. The van der Waals surface area contributed by atoms with E-state index in [0.29, 0.717) is 11.5 Å². The first kappa shape index (κ1) is 24.5. The molecule has 34 heavy (non-hydrogen) atoms. The minimum Gasteiger partial charge on any atom is -0.443 e. The molecule has 0 bridgehead atoms. The van der Waals surface area contributed by atoms with E-state index in [2.05, 4.69) is 40.4 Å². The molecule has 0 unspecified atom stereocenters. The number of likely N-dealkylation sites (tertiary alicyclic amines) is 1. The van der Waals surface area contributed by atoms with Gasteiger partial charge in [-0.15, -0.1) is 0 Å². The molecule has 0 atom stereocenters. The van der Waals surface area contributed by atoms with Gasteiger partial charge in [0.2, 0.25) is 0 Å². The molecule has 0 aromatic carbocycles. The number of fused-ring (bicyclic) bond motifs is 1. The summed E-state index contributed by atoms with van der Waals surface area (Å²) in [5, 5.41) is 4.96. The Labute approximate surface area is 202 Å². The first-order chi connectivity index (χ1) is 16.3. The lowest BCUT2D eigenvalue weighted by Crippen LogP contribution is -2.44. The normalized spacial score (nSPS) is 22.9. The third kappa shape index (κ3) is 5.22. The summed E-state index contributed by atoms with van der Waals surface area (Å²) in [6.45, 7) is 9.35. The Kier molecular flexibility index (Phi) is 7.45. The Morgan fingerprint density at radius 3 is 2.50 bits per heavy atom. The first-order valence-electron chi connectivity index (χ1n) is 12.5. The number of hydrogen-bond donors (Lipinski definition) is 1. The second-order valence-electron chi connectivity index (χ2n) is 10.8. The van der Waals surface area contributed by atoms with Crippen LogP contribution in [0.15, 0.2) is 23.5 Å². The summed E-state index contributed by atoms with van der Waals surface area (Å²) in [6.07, 6.45) is 10.0. The number of nitrogens with zero attached hydrogens (tertiary/aromatic N) is 4. The number of hydrogen-bond acceptors (Lipinski definition) is 6. The van der Waals surface area contributed by atoms with Crippen LogP contribution in [-0.4, -0.2) is 53.0 Å². The van der Waals surface area contributed by atoms with Gasteiger partial charge in [-0.25, -0.2) is 9.78 Å². The van der Waals surface area contributed by atoms with Crippen molar-refractivity contribution in [1.29, 1.82) is 0 Å². The second-order valence-corrected chi connectivity index (χ2v) is 10.8. The number of piperidine rings is 1. The van der Waals surface area contributed by atoms with Gasteiger partial charge in [0.1, 0.15) is 19.4 Å². The fraction of sp³-hybridized carbons (Fsp3) is 0.654. The van der Waals surface area contributed by atoms with Crippen LogP contribution in [0, 0.1) is 11.3 Å². The molecule has 1 aliphatic carbocycles. The number of carbonyl (C=O) groups excluding carboxylic acids is 1. The molecule has 2 aromatic heterocycles. The standard InChI is InChI=1S/C26H39N5O3/c1-26(2,3)18-7-9-19(10-8-18)30-14-11-20(12-15-30)31-23(17-34-25(27)32)22(16-29-33-4)21-6-5-13-28-24(21)31/h5-6,13,16,18-20H,7-12,14-15,17H2,1-4H3,(H2,27,32)/b29-16-. The molecule has 1 saturated heterocycles. The lowest BCUT2D eigenvalue weighted by atomic mass is 9.71. The van der Waals surface area contributed by atoms with Crippen LogP contribution in [0.25, 0.3) is 11.0 Å². The van der Waals surface area contributed by atoms with Crippen LogP contribution in [0.4, 0.5) is 4.79 Å². The van der Waals surface area contributed by atoms with Crippen molar-refractivity contribution < 1.29 is 14.4 Å². The Morgan fingerprint density at radius 2 is 1.88 bits per heavy atom. The molecule has 186 valence electrons. The molecule has 3 heterocycles. The zero-order valence-electron chi connectivity index (χ0n) is 21.0. The van der Waals surface area contributed by atoms with Crippen molar-refractivity contribution in [3.05, 3.63) is 29.6 Å². The van der Waals surface area contributed by atoms with Gasteiger partial charge in [0.15, 0.2) is 0 Å².